The molecular formula is C13H12BrF3N3O3PS. The van der Waals surface area contributed by atoms with Gasteiger partial charge in [0.25, 0.3) is 5.91 Å². The second-order valence-electron chi connectivity index (χ2n) is 4.83. The summed E-state index contributed by atoms with van der Waals surface area (Å²) in [6, 6.07) is 2.11. The Hall–Kier alpha value is -1.39. The quantitative estimate of drug-likeness (QED) is 0.442. The van der Waals surface area contributed by atoms with Gasteiger partial charge in [-0.15, -0.1) is 11.3 Å². The number of rotatable bonds is 5. The number of amides is 1. The van der Waals surface area contributed by atoms with Crippen LogP contribution >= 0.6 is 35.6 Å². The van der Waals surface area contributed by atoms with E-state index < -0.39 is 30.6 Å². The standard InChI is InChI=1S/C13H12BrF3N3O3PS/c14-9-7-1-5(12(21)20-4-6(19)3-18)2-8(15)10(7)25-11(9)13(16,17)24(22)23/h1-3,22-23H,4,18-19H2,(H,20,21)/b6-3-. The van der Waals surface area contributed by atoms with Gasteiger partial charge in [0.15, 0.2) is 0 Å². The maximum Gasteiger partial charge on any atom is 0.349 e. The van der Waals surface area contributed by atoms with E-state index in [0.29, 0.717) is 11.3 Å². The van der Waals surface area contributed by atoms with Gasteiger partial charge in [0.05, 0.1) is 16.1 Å². The summed E-state index contributed by atoms with van der Waals surface area (Å²) in [5, 5.41) is 2.42. The molecule has 1 amide bonds. The zero-order valence-electron chi connectivity index (χ0n) is 12.3. The second kappa shape index (κ2) is 7.46. The molecule has 0 spiro atoms. The van der Waals surface area contributed by atoms with Crippen LogP contribution in [0.4, 0.5) is 13.2 Å². The van der Waals surface area contributed by atoms with Crippen LogP contribution in [0.2, 0.25) is 0 Å². The van der Waals surface area contributed by atoms with Gasteiger partial charge in [0, 0.05) is 27.3 Å². The predicted octanol–water partition coefficient (Wildman–Crippen LogP) is 2.64. The average molecular weight is 458 g/mol. The molecule has 0 aliphatic heterocycles. The third-order valence-corrected chi connectivity index (χ3v) is 6.38. The molecule has 7 N–H and O–H groups in total. The Morgan fingerprint density at radius 1 is 1.44 bits per heavy atom. The number of hydrogen-bond donors (Lipinski definition) is 5. The third kappa shape index (κ3) is 3.90. The molecule has 0 atom stereocenters. The minimum Gasteiger partial charge on any atom is -0.403 e. The zero-order valence-corrected chi connectivity index (χ0v) is 15.6. The fraction of sp³-hybridized carbons (Fsp3) is 0.154. The summed E-state index contributed by atoms with van der Waals surface area (Å²) in [7, 11) is -3.60. The van der Waals surface area contributed by atoms with Gasteiger partial charge in [0.1, 0.15) is 5.82 Å². The summed E-state index contributed by atoms with van der Waals surface area (Å²) in [6.07, 6.45) is 1.09. The molecule has 1 aromatic heterocycles. The van der Waals surface area contributed by atoms with Crippen molar-refractivity contribution in [2.75, 3.05) is 6.54 Å². The average Bonchev–Trinajstić information content (AvgIpc) is 2.90. The molecule has 2 aromatic rings. The van der Waals surface area contributed by atoms with Gasteiger partial charge in [-0.2, -0.15) is 8.78 Å². The number of fused-ring (bicyclic) bond motifs is 1. The summed E-state index contributed by atoms with van der Waals surface area (Å²) in [5.41, 5.74) is 6.74. The number of halogens is 4. The van der Waals surface area contributed by atoms with Gasteiger partial charge in [-0.25, -0.2) is 4.39 Å². The molecule has 136 valence electrons. The largest absolute Gasteiger partial charge is 0.403 e. The highest BCUT2D eigenvalue weighted by molar-refractivity contribution is 9.10. The maximum atomic E-state index is 14.2. The summed E-state index contributed by atoms with van der Waals surface area (Å²) in [4.78, 5) is 29.1. The van der Waals surface area contributed by atoms with Crippen molar-refractivity contribution in [2.45, 2.75) is 5.66 Å². The maximum absolute atomic E-state index is 14.2. The fourth-order valence-corrected chi connectivity index (χ4v) is 4.61. The van der Waals surface area contributed by atoms with E-state index in [9.17, 15) is 18.0 Å². The SMILES string of the molecule is N/C=C(\N)CNC(=O)c1cc(F)c2sc(C(F)(F)P(O)O)c(Br)c2c1. The van der Waals surface area contributed by atoms with E-state index >= 15 is 0 Å². The fourth-order valence-electron chi connectivity index (χ4n) is 1.89. The predicted molar refractivity (Wildman–Crippen MR) is 93.5 cm³/mol. The van der Waals surface area contributed by atoms with Gasteiger partial charge < -0.3 is 26.6 Å². The molecule has 0 saturated carbocycles. The van der Waals surface area contributed by atoms with Crippen LogP contribution in [0.5, 0.6) is 0 Å². The van der Waals surface area contributed by atoms with E-state index in [1.54, 1.807) is 0 Å². The Morgan fingerprint density at radius 2 is 2.08 bits per heavy atom. The van der Waals surface area contributed by atoms with Crippen LogP contribution in [0, 0.1) is 5.82 Å². The van der Waals surface area contributed by atoms with Gasteiger partial charge in [-0.3, -0.25) is 4.79 Å². The summed E-state index contributed by atoms with van der Waals surface area (Å²) < 4.78 is 41.7. The molecule has 1 aromatic carbocycles. The number of nitrogens with two attached hydrogens (primary N) is 2. The van der Waals surface area contributed by atoms with Crippen LogP contribution < -0.4 is 16.8 Å². The van der Waals surface area contributed by atoms with Gasteiger partial charge in [-0.05, 0) is 28.1 Å². The van der Waals surface area contributed by atoms with Crippen molar-refractivity contribution in [3.05, 3.63) is 44.8 Å². The summed E-state index contributed by atoms with van der Waals surface area (Å²) in [6.45, 7) is -0.0670. The van der Waals surface area contributed by atoms with Crippen LogP contribution in [0.15, 0.2) is 28.5 Å². The lowest BCUT2D eigenvalue weighted by molar-refractivity contribution is 0.0766. The van der Waals surface area contributed by atoms with Crippen molar-refractivity contribution in [2.24, 2.45) is 11.5 Å². The molecule has 1 heterocycles. The lowest BCUT2D eigenvalue weighted by Crippen LogP contribution is -2.28. The van der Waals surface area contributed by atoms with Gasteiger partial charge >= 0.3 is 5.66 Å². The number of nitrogens with one attached hydrogen (secondary N) is 1. The van der Waals surface area contributed by atoms with E-state index in [4.69, 9.17) is 21.3 Å². The molecular weight excluding hydrogens is 446 g/mol. The first-order chi connectivity index (χ1) is 11.6. The molecule has 25 heavy (non-hydrogen) atoms. The Bertz CT molecular complexity index is 860. The Kier molecular flexibility index (Phi) is 5.95. The first-order valence-corrected chi connectivity index (χ1v) is 9.37. The number of carbonyl (C=O) groups excluding carboxylic acids is 1. The first-order valence-electron chi connectivity index (χ1n) is 6.51. The highest BCUT2D eigenvalue weighted by Gasteiger charge is 2.45. The van der Waals surface area contributed by atoms with E-state index in [2.05, 4.69) is 21.2 Å². The highest BCUT2D eigenvalue weighted by atomic mass is 79.9. The van der Waals surface area contributed by atoms with E-state index in [0.717, 1.165) is 12.3 Å². The second-order valence-corrected chi connectivity index (χ2v) is 7.79. The molecule has 2 rings (SSSR count). The zero-order chi connectivity index (χ0) is 18.9. The van der Waals surface area contributed by atoms with E-state index in [1.165, 1.54) is 6.07 Å². The number of benzene rings is 1. The smallest absolute Gasteiger partial charge is 0.349 e. The molecule has 6 nitrogen and oxygen atoms in total. The van der Waals surface area contributed by atoms with Crippen LogP contribution in [-0.4, -0.2) is 22.2 Å². The molecule has 0 radical (unpaired) electrons. The van der Waals surface area contributed by atoms with Crippen molar-refractivity contribution in [1.29, 1.82) is 0 Å². The van der Waals surface area contributed by atoms with E-state index in [-0.39, 0.29) is 32.4 Å². The van der Waals surface area contributed by atoms with Crippen LogP contribution in [-0.2, 0) is 5.66 Å². The minimum atomic E-state index is -3.94. The van der Waals surface area contributed by atoms with Crippen LogP contribution in [0.3, 0.4) is 0 Å². The first kappa shape index (κ1) is 19.9. The lowest BCUT2D eigenvalue weighted by atomic mass is 10.1. The van der Waals surface area contributed by atoms with Crippen molar-refractivity contribution in [3.63, 3.8) is 0 Å². The third-order valence-electron chi connectivity index (χ3n) is 3.14. The molecule has 0 saturated heterocycles. The highest BCUT2D eigenvalue weighted by Crippen LogP contribution is 2.58. The number of carbonyl (C=O) groups is 1. The Morgan fingerprint density at radius 3 is 2.64 bits per heavy atom. The Labute approximate surface area is 153 Å². The van der Waals surface area contributed by atoms with Crippen molar-refractivity contribution < 1.29 is 27.8 Å². The minimum absolute atomic E-state index is 0.0176. The van der Waals surface area contributed by atoms with Gasteiger partial charge in [0.2, 0.25) is 8.38 Å². The number of hydrogen-bond acceptors (Lipinski definition) is 6. The molecule has 0 bridgehead atoms. The van der Waals surface area contributed by atoms with Crippen molar-refractivity contribution in [1.82, 2.24) is 5.32 Å². The molecule has 0 unspecified atom stereocenters. The number of alkyl halides is 2. The van der Waals surface area contributed by atoms with Gasteiger partial charge in [-0.1, -0.05) is 0 Å². The monoisotopic (exact) mass is 457 g/mol. The topological polar surface area (TPSA) is 122 Å². The van der Waals surface area contributed by atoms with Crippen molar-refractivity contribution in [3.8, 4) is 0 Å². The van der Waals surface area contributed by atoms with E-state index in [1.807, 2.05) is 0 Å². The summed E-state index contributed by atoms with van der Waals surface area (Å²) in [5.74, 6) is -1.57. The molecule has 0 aliphatic carbocycles. The molecule has 0 aliphatic rings. The number of thiophene rings is 1. The summed E-state index contributed by atoms with van der Waals surface area (Å²) >= 11 is 3.30. The lowest BCUT2D eigenvalue weighted by Gasteiger charge is -2.15. The molecule has 12 heteroatoms. The van der Waals surface area contributed by atoms with Crippen LogP contribution in [0.25, 0.3) is 10.1 Å². The van der Waals surface area contributed by atoms with Crippen LogP contribution in [0.1, 0.15) is 15.2 Å². The molecule has 0 fully saturated rings. The Balaban J connectivity index is 2.48. The normalized spacial score (nSPS) is 12.8. The van der Waals surface area contributed by atoms with Crippen molar-refractivity contribution >= 4 is 51.6 Å².